The smallest absolute Gasteiger partial charge is 0.311 e. The van der Waals surface area contributed by atoms with Crippen molar-refractivity contribution in [3.05, 3.63) is 30.1 Å². The first-order valence-corrected chi connectivity index (χ1v) is 7.73. The maximum Gasteiger partial charge on any atom is 0.311 e. The molecule has 0 aliphatic carbocycles. The number of halogens is 1. The van der Waals surface area contributed by atoms with Crippen molar-refractivity contribution in [1.29, 1.82) is 0 Å². The minimum absolute atomic E-state index is 0.194. The molecule has 0 fully saturated rings. The highest BCUT2D eigenvalue weighted by Crippen LogP contribution is 2.13. The molecule has 0 aromatic heterocycles. The van der Waals surface area contributed by atoms with Gasteiger partial charge in [0.15, 0.2) is 0 Å². The topological polar surface area (TPSA) is 52.6 Å². The number of esters is 2. The first kappa shape index (κ1) is 18.1. The van der Waals surface area contributed by atoms with Crippen molar-refractivity contribution in [2.24, 2.45) is 0 Å². The van der Waals surface area contributed by atoms with Gasteiger partial charge in [-0.3, -0.25) is 9.59 Å². The lowest BCUT2D eigenvalue weighted by Crippen LogP contribution is -2.09. The van der Waals surface area contributed by atoms with E-state index in [1.165, 1.54) is 18.2 Å². The van der Waals surface area contributed by atoms with Gasteiger partial charge in [0.2, 0.25) is 0 Å². The molecule has 5 heteroatoms. The van der Waals surface area contributed by atoms with Crippen LogP contribution in [0.2, 0.25) is 0 Å². The van der Waals surface area contributed by atoms with Gasteiger partial charge >= 0.3 is 11.9 Å². The zero-order chi connectivity index (χ0) is 16.2. The average Bonchev–Trinajstić information content (AvgIpc) is 2.48. The molecule has 1 rings (SSSR count). The molecule has 1 aromatic rings. The lowest BCUT2D eigenvalue weighted by molar-refractivity contribution is -0.144. The minimum Gasteiger partial charge on any atom is -0.466 e. The third-order valence-electron chi connectivity index (χ3n) is 3.05. The Labute approximate surface area is 130 Å². The van der Waals surface area contributed by atoms with Crippen LogP contribution < -0.4 is 4.74 Å². The number of rotatable bonds is 10. The average molecular weight is 310 g/mol. The van der Waals surface area contributed by atoms with Gasteiger partial charge in [0, 0.05) is 18.9 Å². The zero-order valence-corrected chi connectivity index (χ0v) is 13.0. The molecule has 0 N–H and O–H groups in total. The third kappa shape index (κ3) is 8.39. The largest absolute Gasteiger partial charge is 0.466 e. The van der Waals surface area contributed by atoms with Gasteiger partial charge in [-0.1, -0.05) is 25.8 Å². The maximum absolute atomic E-state index is 12.9. The third-order valence-corrected chi connectivity index (χ3v) is 3.05. The van der Waals surface area contributed by atoms with E-state index in [0.717, 1.165) is 25.3 Å². The van der Waals surface area contributed by atoms with Crippen molar-refractivity contribution < 1.29 is 23.5 Å². The van der Waals surface area contributed by atoms with Crippen LogP contribution in [0, 0.1) is 5.82 Å². The molecule has 0 atom stereocenters. The molecule has 22 heavy (non-hydrogen) atoms. The van der Waals surface area contributed by atoms with Gasteiger partial charge in [0.25, 0.3) is 0 Å². The van der Waals surface area contributed by atoms with Crippen molar-refractivity contribution in [1.82, 2.24) is 0 Å². The highest BCUT2D eigenvalue weighted by Gasteiger charge is 2.07. The highest BCUT2D eigenvalue weighted by atomic mass is 19.1. The van der Waals surface area contributed by atoms with Crippen LogP contribution in [0.3, 0.4) is 0 Å². The summed E-state index contributed by atoms with van der Waals surface area (Å²) < 4.78 is 23.0. The Morgan fingerprint density at radius 1 is 1.05 bits per heavy atom. The molecule has 0 saturated carbocycles. The Morgan fingerprint density at radius 2 is 1.77 bits per heavy atom. The van der Waals surface area contributed by atoms with Crippen molar-refractivity contribution in [3.63, 3.8) is 0 Å². The Balaban J connectivity index is 2.08. The second-order valence-corrected chi connectivity index (χ2v) is 5.07. The Morgan fingerprint density at radius 3 is 2.45 bits per heavy atom. The fourth-order valence-electron chi connectivity index (χ4n) is 1.86. The van der Waals surface area contributed by atoms with Crippen molar-refractivity contribution in [2.75, 3.05) is 6.61 Å². The van der Waals surface area contributed by atoms with E-state index < -0.39 is 11.8 Å². The first-order valence-electron chi connectivity index (χ1n) is 7.73. The zero-order valence-electron chi connectivity index (χ0n) is 13.0. The van der Waals surface area contributed by atoms with Crippen molar-refractivity contribution >= 4 is 11.9 Å². The minimum atomic E-state index is -0.448. The quantitative estimate of drug-likeness (QED) is 0.372. The van der Waals surface area contributed by atoms with E-state index in [-0.39, 0.29) is 18.1 Å². The monoisotopic (exact) mass is 310 g/mol. The van der Waals surface area contributed by atoms with E-state index in [4.69, 9.17) is 9.47 Å². The van der Waals surface area contributed by atoms with Crippen molar-refractivity contribution in [3.8, 4) is 5.75 Å². The SMILES string of the molecule is CCCCCOC(=O)CCCCC(=O)Oc1cccc(F)c1. The Kier molecular flexibility index (Phi) is 8.88. The number of carbonyl (C=O) groups is 2. The van der Waals surface area contributed by atoms with Gasteiger partial charge in [0.05, 0.1) is 6.61 Å². The summed E-state index contributed by atoms with van der Waals surface area (Å²) in [7, 11) is 0. The molecule has 0 unspecified atom stereocenters. The molecule has 0 amide bonds. The van der Waals surface area contributed by atoms with E-state index in [2.05, 4.69) is 6.92 Å². The van der Waals surface area contributed by atoms with Crippen LogP contribution in [0.25, 0.3) is 0 Å². The Hall–Kier alpha value is -1.91. The number of hydrogen-bond donors (Lipinski definition) is 0. The summed E-state index contributed by atoms with van der Waals surface area (Å²) in [4.78, 5) is 23.0. The highest BCUT2D eigenvalue weighted by molar-refractivity contribution is 5.72. The fourth-order valence-corrected chi connectivity index (χ4v) is 1.86. The summed E-state index contributed by atoms with van der Waals surface area (Å²) in [6, 6.07) is 5.44. The molecule has 0 radical (unpaired) electrons. The molecule has 0 aliphatic heterocycles. The van der Waals surface area contributed by atoms with Crippen molar-refractivity contribution in [2.45, 2.75) is 51.9 Å². The summed E-state index contributed by atoms with van der Waals surface area (Å²) in [5, 5.41) is 0. The van der Waals surface area contributed by atoms with Gasteiger partial charge < -0.3 is 9.47 Å². The fraction of sp³-hybridized carbons (Fsp3) is 0.529. The lowest BCUT2D eigenvalue weighted by Gasteiger charge is -2.05. The van der Waals surface area contributed by atoms with Gasteiger partial charge in [-0.25, -0.2) is 4.39 Å². The van der Waals surface area contributed by atoms with Gasteiger partial charge in [-0.05, 0) is 31.4 Å². The molecule has 4 nitrogen and oxygen atoms in total. The number of ether oxygens (including phenoxy) is 2. The van der Waals surface area contributed by atoms with Crippen LogP contribution in [0.4, 0.5) is 4.39 Å². The number of hydrogen-bond acceptors (Lipinski definition) is 4. The molecule has 0 aliphatic rings. The second-order valence-electron chi connectivity index (χ2n) is 5.07. The molecular weight excluding hydrogens is 287 g/mol. The molecule has 0 bridgehead atoms. The van der Waals surface area contributed by atoms with Crippen LogP contribution in [0.1, 0.15) is 51.9 Å². The van der Waals surface area contributed by atoms with Crippen LogP contribution >= 0.6 is 0 Å². The second kappa shape index (κ2) is 10.8. The van der Waals surface area contributed by atoms with E-state index in [0.29, 0.717) is 25.9 Å². The maximum atomic E-state index is 12.9. The summed E-state index contributed by atoms with van der Waals surface area (Å²) in [5.41, 5.74) is 0. The van der Waals surface area contributed by atoms with Crippen LogP contribution in [0.15, 0.2) is 24.3 Å². The Bertz CT molecular complexity index is 473. The van der Waals surface area contributed by atoms with E-state index in [9.17, 15) is 14.0 Å². The molecule has 0 spiro atoms. The molecule has 0 saturated heterocycles. The van der Waals surface area contributed by atoms with Gasteiger partial charge in [-0.2, -0.15) is 0 Å². The van der Waals surface area contributed by atoms with E-state index in [1.807, 2.05) is 0 Å². The summed E-state index contributed by atoms with van der Waals surface area (Å²) in [5.74, 6) is -0.909. The predicted molar refractivity (Wildman–Crippen MR) is 81.0 cm³/mol. The van der Waals surface area contributed by atoms with Crippen LogP contribution in [-0.2, 0) is 14.3 Å². The van der Waals surface area contributed by atoms with E-state index in [1.54, 1.807) is 0 Å². The summed E-state index contributed by atoms with van der Waals surface area (Å²) in [6.07, 6.45) is 4.65. The standard InChI is InChI=1S/C17H23FO4/c1-2-3-6-12-21-16(19)10-4-5-11-17(20)22-15-9-7-8-14(18)13-15/h7-9,13H,2-6,10-12H2,1H3. The molecular formula is C17H23FO4. The predicted octanol–water partition coefficient (Wildman–Crippen LogP) is 4.02. The molecule has 0 heterocycles. The van der Waals surface area contributed by atoms with Crippen LogP contribution in [0.5, 0.6) is 5.75 Å². The van der Waals surface area contributed by atoms with E-state index >= 15 is 0 Å². The molecule has 122 valence electrons. The normalized spacial score (nSPS) is 10.3. The number of benzene rings is 1. The lowest BCUT2D eigenvalue weighted by atomic mass is 10.2. The number of unbranched alkanes of at least 4 members (excludes halogenated alkanes) is 3. The van der Waals surface area contributed by atoms with Gasteiger partial charge in [-0.15, -0.1) is 0 Å². The van der Waals surface area contributed by atoms with Gasteiger partial charge in [0.1, 0.15) is 11.6 Å². The first-order chi connectivity index (χ1) is 10.6. The number of carbonyl (C=O) groups excluding carboxylic acids is 2. The summed E-state index contributed by atoms with van der Waals surface area (Å²) >= 11 is 0. The van der Waals surface area contributed by atoms with Crippen LogP contribution in [-0.4, -0.2) is 18.5 Å². The molecule has 1 aromatic carbocycles. The summed E-state index contributed by atoms with van der Waals surface area (Å²) in [6.45, 7) is 2.55.